The van der Waals surface area contributed by atoms with Crippen LogP contribution in [-0.4, -0.2) is 84.4 Å². The van der Waals surface area contributed by atoms with E-state index < -0.39 is 50.5 Å². The largest absolute Gasteiger partial charge is 0.389 e. The van der Waals surface area contributed by atoms with Crippen LogP contribution in [0.4, 0.5) is 14.5 Å². The molecule has 2 aromatic carbocycles. The van der Waals surface area contributed by atoms with Crippen molar-refractivity contribution in [2.24, 2.45) is 5.92 Å². The zero-order valence-electron chi connectivity index (χ0n) is 27.1. The van der Waals surface area contributed by atoms with Crippen LogP contribution >= 0.6 is 0 Å². The number of aliphatic hydroxyl groups is 1. The summed E-state index contributed by atoms with van der Waals surface area (Å²) in [5.74, 6) is -2.39. The fourth-order valence-electron chi connectivity index (χ4n) is 6.62. The molecule has 2 amide bonds. The Labute approximate surface area is 268 Å². The van der Waals surface area contributed by atoms with Gasteiger partial charge in [-0.3, -0.25) is 13.9 Å². The Hall–Kier alpha value is -3.55. The van der Waals surface area contributed by atoms with Gasteiger partial charge < -0.3 is 25.2 Å². The van der Waals surface area contributed by atoms with Crippen molar-refractivity contribution < 1.29 is 31.9 Å². The van der Waals surface area contributed by atoms with Gasteiger partial charge in [-0.15, -0.1) is 0 Å². The number of aliphatic hydroxyl groups excluding tert-OH is 1. The number of anilines is 1. The minimum absolute atomic E-state index is 0.142. The second kappa shape index (κ2) is 12.6. The van der Waals surface area contributed by atoms with E-state index in [2.05, 4.69) is 10.6 Å². The van der Waals surface area contributed by atoms with Gasteiger partial charge in [-0.2, -0.15) is 0 Å². The van der Waals surface area contributed by atoms with Gasteiger partial charge in [-0.05, 0) is 68.0 Å². The Morgan fingerprint density at radius 2 is 1.83 bits per heavy atom. The molecule has 10 nitrogen and oxygen atoms in total. The first-order chi connectivity index (χ1) is 21.5. The molecule has 3 atom stereocenters. The highest BCUT2D eigenvalue weighted by Crippen LogP contribution is 2.40. The van der Waals surface area contributed by atoms with E-state index in [0.717, 1.165) is 29.1 Å². The van der Waals surface area contributed by atoms with Crippen LogP contribution in [0.2, 0.25) is 0 Å². The molecule has 3 N–H and O–H groups in total. The lowest BCUT2D eigenvalue weighted by Crippen LogP contribution is -2.64. The number of aromatic nitrogens is 1. The number of rotatable bonds is 9. The summed E-state index contributed by atoms with van der Waals surface area (Å²) in [6.45, 7) is 10.9. The number of benzene rings is 2. The topological polar surface area (TPSA) is 124 Å². The van der Waals surface area contributed by atoms with E-state index in [1.54, 1.807) is 24.8 Å². The Bertz CT molecular complexity index is 1750. The van der Waals surface area contributed by atoms with Crippen molar-refractivity contribution in [3.63, 3.8) is 0 Å². The first-order valence-electron chi connectivity index (χ1n) is 15.6. The molecule has 3 aromatic rings. The summed E-state index contributed by atoms with van der Waals surface area (Å²) in [6.07, 6.45) is 0.922. The molecule has 46 heavy (non-hydrogen) atoms. The lowest BCUT2D eigenvalue weighted by molar-refractivity contribution is -0.140. The summed E-state index contributed by atoms with van der Waals surface area (Å²) in [7, 11) is -2.35. The predicted octanol–water partition coefficient (Wildman–Crippen LogP) is 3.20. The van der Waals surface area contributed by atoms with Crippen molar-refractivity contribution in [2.45, 2.75) is 76.9 Å². The zero-order valence-corrected chi connectivity index (χ0v) is 27.9. The molecule has 250 valence electrons. The van der Waals surface area contributed by atoms with Crippen molar-refractivity contribution >= 4 is 38.4 Å². The summed E-state index contributed by atoms with van der Waals surface area (Å²) >= 11 is 0. The van der Waals surface area contributed by atoms with Gasteiger partial charge in [-0.1, -0.05) is 20.8 Å². The maximum absolute atomic E-state index is 14.2. The van der Waals surface area contributed by atoms with Gasteiger partial charge in [0.1, 0.15) is 22.4 Å². The van der Waals surface area contributed by atoms with Gasteiger partial charge in [0.05, 0.1) is 23.3 Å². The number of hydrogen-bond donors (Lipinski definition) is 3. The number of halogens is 2. The van der Waals surface area contributed by atoms with E-state index in [0.29, 0.717) is 37.3 Å². The minimum atomic E-state index is -3.82. The van der Waals surface area contributed by atoms with E-state index in [1.165, 1.54) is 17.4 Å². The molecule has 5 rings (SSSR count). The molecule has 1 saturated heterocycles. The van der Waals surface area contributed by atoms with E-state index in [-0.39, 0.29) is 35.9 Å². The molecule has 0 radical (unpaired) electrons. The molecule has 0 aliphatic carbocycles. The smallest absolute Gasteiger partial charge is 0.251 e. The summed E-state index contributed by atoms with van der Waals surface area (Å²) in [6, 6.07) is 3.97. The number of carbonyl (C=O) groups is 2. The van der Waals surface area contributed by atoms with Crippen LogP contribution < -0.4 is 14.9 Å². The van der Waals surface area contributed by atoms with Gasteiger partial charge >= 0.3 is 0 Å². The van der Waals surface area contributed by atoms with E-state index in [9.17, 15) is 31.9 Å². The van der Waals surface area contributed by atoms with E-state index in [4.69, 9.17) is 0 Å². The van der Waals surface area contributed by atoms with Crippen LogP contribution in [0, 0.1) is 17.6 Å². The maximum Gasteiger partial charge on any atom is 0.251 e. The monoisotopic (exact) mass is 659 g/mol. The molecule has 2 aliphatic heterocycles. The first-order valence-corrected chi connectivity index (χ1v) is 17.1. The van der Waals surface area contributed by atoms with Crippen molar-refractivity contribution in [1.82, 2.24) is 20.1 Å². The Morgan fingerprint density at radius 3 is 2.46 bits per heavy atom. The molecular weight excluding hydrogens is 616 g/mol. The van der Waals surface area contributed by atoms with Crippen molar-refractivity contribution in [3.8, 4) is 0 Å². The van der Waals surface area contributed by atoms with Crippen LogP contribution in [0.25, 0.3) is 10.9 Å². The molecule has 13 heteroatoms. The highest BCUT2D eigenvalue weighted by molar-refractivity contribution is 7.94. The highest BCUT2D eigenvalue weighted by atomic mass is 32.2. The SMILES string of the molecule is CCc1cn2c3c(cc(C(=O)N[C@@H](Cc4cc(F)cc(F)c4)[C@H](O)[C@@H]4NCCN(CC(C)C)C4=O)cc13)N(C)S(=O)(=O)C(C)(C)C2. The predicted molar refractivity (Wildman–Crippen MR) is 173 cm³/mol. The minimum Gasteiger partial charge on any atom is -0.389 e. The number of hydrogen-bond acceptors (Lipinski definition) is 6. The number of nitrogens with zero attached hydrogens (tertiary/aromatic N) is 3. The summed E-state index contributed by atoms with van der Waals surface area (Å²) in [4.78, 5) is 29.1. The van der Waals surface area contributed by atoms with Crippen LogP contribution in [0.1, 0.15) is 56.1 Å². The summed E-state index contributed by atoms with van der Waals surface area (Å²) < 4.78 is 57.5. The number of sulfonamides is 1. The highest BCUT2D eigenvalue weighted by Gasteiger charge is 2.43. The fourth-order valence-corrected chi connectivity index (χ4v) is 8.06. The van der Waals surface area contributed by atoms with E-state index in [1.807, 2.05) is 31.5 Å². The number of nitrogens with one attached hydrogen (secondary N) is 2. The Kier molecular flexibility index (Phi) is 9.24. The van der Waals surface area contributed by atoms with Crippen molar-refractivity contribution in [2.75, 3.05) is 31.0 Å². The molecule has 0 bridgehead atoms. The Morgan fingerprint density at radius 1 is 1.15 bits per heavy atom. The molecule has 3 heterocycles. The lowest BCUT2D eigenvalue weighted by atomic mass is 9.93. The third-order valence-corrected chi connectivity index (χ3v) is 11.4. The van der Waals surface area contributed by atoms with Gasteiger partial charge in [0.25, 0.3) is 5.91 Å². The van der Waals surface area contributed by atoms with Gasteiger partial charge in [-0.25, -0.2) is 17.2 Å². The molecule has 0 unspecified atom stereocenters. The number of carbonyl (C=O) groups excluding carboxylic acids is 2. The average molecular weight is 660 g/mol. The Balaban J connectivity index is 1.54. The average Bonchev–Trinajstić information content (AvgIpc) is 3.30. The maximum atomic E-state index is 14.2. The molecule has 1 aromatic heterocycles. The molecule has 2 aliphatic rings. The van der Waals surface area contributed by atoms with Crippen LogP contribution in [0.5, 0.6) is 0 Å². The molecule has 0 spiro atoms. The summed E-state index contributed by atoms with van der Waals surface area (Å²) in [5.41, 5.74) is 2.29. The van der Waals surface area contributed by atoms with Crippen LogP contribution in [0.15, 0.2) is 36.5 Å². The number of amides is 2. The third-order valence-electron chi connectivity index (χ3n) is 8.98. The number of piperazine rings is 1. The van der Waals surface area contributed by atoms with Crippen molar-refractivity contribution in [3.05, 3.63) is 64.9 Å². The fraction of sp³-hybridized carbons (Fsp3) is 0.515. The number of aryl methyl sites for hydroxylation is 1. The second-order valence-electron chi connectivity index (χ2n) is 13.4. The zero-order chi connectivity index (χ0) is 33.7. The quantitative estimate of drug-likeness (QED) is 0.324. The van der Waals surface area contributed by atoms with Crippen LogP contribution in [0.3, 0.4) is 0 Å². The summed E-state index contributed by atoms with van der Waals surface area (Å²) in [5, 5.41) is 18.2. The third kappa shape index (κ3) is 6.24. The normalized spacial score (nSPS) is 20.6. The molecule has 1 fully saturated rings. The van der Waals surface area contributed by atoms with Gasteiger partial charge in [0.15, 0.2) is 0 Å². The van der Waals surface area contributed by atoms with Gasteiger partial charge in [0.2, 0.25) is 15.9 Å². The molecule has 0 saturated carbocycles. The van der Waals surface area contributed by atoms with Gasteiger partial charge in [0, 0.05) is 56.4 Å². The molecular formula is C33H43F2N5O5S. The van der Waals surface area contributed by atoms with E-state index >= 15 is 0 Å². The first kappa shape index (κ1) is 33.8. The second-order valence-corrected chi connectivity index (χ2v) is 16.0. The lowest BCUT2D eigenvalue weighted by Gasteiger charge is -2.38. The van der Waals surface area contributed by atoms with Crippen LogP contribution in [-0.2, 0) is 34.2 Å². The van der Waals surface area contributed by atoms with Crippen molar-refractivity contribution in [1.29, 1.82) is 0 Å². The standard InChI is InChI=1S/C33H43F2N5O5S/c1-7-21-17-40-18-33(4,5)46(44,45)38(6)27-14-22(13-25(21)29(27)40)31(42)37-26(12-20-10-23(34)15-24(35)11-20)30(41)28-32(43)39(9-8-36-28)16-19(2)3/h10-11,13-15,17,19,26,28,30,36,41H,7-9,12,16,18H2,1-6H3,(H,37,42)/t26-,28-,30-/m0/s1.